The van der Waals surface area contributed by atoms with Crippen LogP contribution >= 0.6 is 27.3 Å². The highest BCUT2D eigenvalue weighted by atomic mass is 79.9. The van der Waals surface area contributed by atoms with Gasteiger partial charge in [0.2, 0.25) is 0 Å². The molecule has 1 unspecified atom stereocenters. The highest BCUT2D eigenvalue weighted by molar-refractivity contribution is 9.08. The Labute approximate surface area is 120 Å². The maximum atomic E-state index is 4.84. The van der Waals surface area contributed by atoms with Crippen LogP contribution in [0.3, 0.4) is 0 Å². The Bertz CT molecular complexity index is 545. The van der Waals surface area contributed by atoms with E-state index >= 15 is 0 Å². The molecule has 0 amide bonds. The van der Waals surface area contributed by atoms with E-state index in [4.69, 9.17) is 4.98 Å². The fraction of sp³-hybridized carbons (Fsp3) is 0.615. The number of fused-ring (bicyclic) bond motifs is 1. The van der Waals surface area contributed by atoms with Crippen LogP contribution in [0, 0.1) is 5.92 Å². The zero-order valence-electron chi connectivity index (χ0n) is 10.8. The largest absolute Gasteiger partial charge is 0.352 e. The summed E-state index contributed by atoms with van der Waals surface area (Å²) in [5.74, 6) is 1.88. The highest BCUT2D eigenvalue weighted by Gasteiger charge is 2.30. The van der Waals surface area contributed by atoms with E-state index in [1.54, 1.807) is 11.3 Å². The van der Waals surface area contributed by atoms with Crippen molar-refractivity contribution in [2.75, 3.05) is 11.4 Å². The fourth-order valence-electron chi connectivity index (χ4n) is 2.92. The van der Waals surface area contributed by atoms with Crippen molar-refractivity contribution in [2.45, 2.75) is 38.1 Å². The zero-order valence-corrected chi connectivity index (χ0v) is 13.2. The quantitative estimate of drug-likeness (QED) is 0.796. The Hall–Kier alpha value is -0.550. The van der Waals surface area contributed by atoms with Gasteiger partial charge in [0.25, 0.3) is 0 Å². The maximum absolute atomic E-state index is 4.84. The van der Waals surface area contributed by atoms with Gasteiger partial charge in [-0.05, 0) is 18.8 Å². The van der Waals surface area contributed by atoms with Crippen LogP contribution in [0.15, 0.2) is 11.6 Å². The van der Waals surface area contributed by atoms with Crippen molar-refractivity contribution in [3.8, 4) is 0 Å². The van der Waals surface area contributed by atoms with Crippen LogP contribution < -0.4 is 4.90 Å². The van der Waals surface area contributed by atoms with E-state index in [0.717, 1.165) is 16.8 Å². The predicted molar refractivity (Wildman–Crippen MR) is 80.9 cm³/mol. The molecule has 1 saturated heterocycles. The van der Waals surface area contributed by atoms with Gasteiger partial charge in [0.1, 0.15) is 0 Å². The lowest BCUT2D eigenvalue weighted by Crippen LogP contribution is -2.34. The third kappa shape index (κ3) is 1.88. The van der Waals surface area contributed by atoms with Gasteiger partial charge in [-0.15, -0.1) is 11.3 Å². The summed E-state index contributed by atoms with van der Waals surface area (Å²) in [5, 5.41) is 2.96. The Kier molecular flexibility index (Phi) is 3.36. The molecule has 3 rings (SSSR count). The van der Waals surface area contributed by atoms with Gasteiger partial charge in [-0.3, -0.25) is 4.40 Å². The molecule has 1 fully saturated rings. The lowest BCUT2D eigenvalue weighted by molar-refractivity contribution is 0.489. The van der Waals surface area contributed by atoms with Gasteiger partial charge >= 0.3 is 0 Å². The molecule has 18 heavy (non-hydrogen) atoms. The second-order valence-electron chi connectivity index (χ2n) is 5.22. The SMILES string of the molecule is CC(C)C1CCCN1c1nc2sccn2c1CBr. The molecule has 0 aliphatic carbocycles. The molecule has 2 aromatic heterocycles. The van der Waals surface area contributed by atoms with Gasteiger partial charge in [0.05, 0.1) is 5.69 Å². The summed E-state index contributed by atoms with van der Waals surface area (Å²) < 4.78 is 2.21. The Morgan fingerprint density at radius 2 is 2.39 bits per heavy atom. The van der Waals surface area contributed by atoms with Crippen molar-refractivity contribution in [1.29, 1.82) is 0 Å². The lowest BCUT2D eigenvalue weighted by atomic mass is 10.0. The smallest absolute Gasteiger partial charge is 0.195 e. The van der Waals surface area contributed by atoms with Gasteiger partial charge in [-0.2, -0.15) is 0 Å². The average Bonchev–Trinajstić information content (AvgIpc) is 3.02. The summed E-state index contributed by atoms with van der Waals surface area (Å²) in [6, 6.07) is 0.646. The highest BCUT2D eigenvalue weighted by Crippen LogP contribution is 2.33. The van der Waals surface area contributed by atoms with Gasteiger partial charge in [0, 0.05) is 29.5 Å². The second-order valence-corrected chi connectivity index (χ2v) is 6.65. The van der Waals surface area contributed by atoms with Crippen molar-refractivity contribution in [3.63, 3.8) is 0 Å². The molecule has 3 nitrogen and oxygen atoms in total. The van der Waals surface area contributed by atoms with Gasteiger partial charge < -0.3 is 4.90 Å². The molecule has 0 spiro atoms. The number of hydrogen-bond donors (Lipinski definition) is 0. The van der Waals surface area contributed by atoms with Crippen LogP contribution in [-0.2, 0) is 5.33 Å². The average molecular weight is 328 g/mol. The first-order chi connectivity index (χ1) is 8.72. The summed E-state index contributed by atoms with van der Waals surface area (Å²) in [6.45, 7) is 5.78. The van der Waals surface area contributed by atoms with E-state index < -0.39 is 0 Å². The first-order valence-electron chi connectivity index (χ1n) is 6.49. The van der Waals surface area contributed by atoms with E-state index in [9.17, 15) is 0 Å². The molecule has 1 atom stereocenters. The molecule has 0 bridgehead atoms. The van der Waals surface area contributed by atoms with Crippen LogP contribution in [0.5, 0.6) is 0 Å². The van der Waals surface area contributed by atoms with Crippen molar-refractivity contribution in [1.82, 2.24) is 9.38 Å². The molecule has 98 valence electrons. The first kappa shape index (κ1) is 12.5. The number of halogens is 1. The topological polar surface area (TPSA) is 20.5 Å². The van der Waals surface area contributed by atoms with E-state index in [1.807, 2.05) is 0 Å². The molecule has 2 aromatic rings. The predicted octanol–water partition coefficient (Wildman–Crippen LogP) is 3.92. The summed E-state index contributed by atoms with van der Waals surface area (Å²) in [4.78, 5) is 8.46. The summed E-state index contributed by atoms with van der Waals surface area (Å²) in [5.41, 5.74) is 1.29. The summed E-state index contributed by atoms with van der Waals surface area (Å²) >= 11 is 5.32. The number of imidazole rings is 1. The van der Waals surface area contributed by atoms with Gasteiger partial charge in [0.15, 0.2) is 10.8 Å². The van der Waals surface area contributed by atoms with E-state index in [2.05, 4.69) is 50.7 Å². The molecule has 3 heterocycles. The van der Waals surface area contributed by atoms with Crippen LogP contribution in [0.25, 0.3) is 4.96 Å². The third-order valence-electron chi connectivity index (χ3n) is 3.81. The summed E-state index contributed by atoms with van der Waals surface area (Å²) in [6.07, 6.45) is 4.70. The molecule has 0 N–H and O–H groups in total. The summed E-state index contributed by atoms with van der Waals surface area (Å²) in [7, 11) is 0. The van der Waals surface area contributed by atoms with E-state index in [0.29, 0.717) is 12.0 Å². The normalized spacial score (nSPS) is 20.4. The fourth-order valence-corrected chi connectivity index (χ4v) is 4.17. The number of anilines is 1. The second kappa shape index (κ2) is 4.85. The zero-order chi connectivity index (χ0) is 12.7. The molecular weight excluding hydrogens is 310 g/mol. The van der Waals surface area contributed by atoms with Crippen molar-refractivity contribution < 1.29 is 0 Å². The van der Waals surface area contributed by atoms with Crippen molar-refractivity contribution >= 4 is 38.0 Å². The maximum Gasteiger partial charge on any atom is 0.195 e. The van der Waals surface area contributed by atoms with Crippen LogP contribution in [0.2, 0.25) is 0 Å². The number of rotatable bonds is 3. The van der Waals surface area contributed by atoms with E-state index in [1.165, 1.54) is 24.4 Å². The number of nitrogens with zero attached hydrogens (tertiary/aromatic N) is 3. The molecule has 1 aliphatic heterocycles. The lowest BCUT2D eigenvalue weighted by Gasteiger charge is -2.28. The Morgan fingerprint density at radius 1 is 1.56 bits per heavy atom. The molecule has 5 heteroatoms. The molecule has 0 radical (unpaired) electrons. The minimum absolute atomic E-state index is 0.646. The molecule has 0 saturated carbocycles. The molecular formula is C13H18BrN3S. The minimum Gasteiger partial charge on any atom is -0.352 e. The number of alkyl halides is 1. The monoisotopic (exact) mass is 327 g/mol. The standard InChI is InChI=1S/C13H18BrN3S/c1-9(2)10-4-3-5-16(10)12-11(8-14)17-6-7-18-13(17)15-12/h6-7,9-10H,3-5,8H2,1-2H3. The van der Waals surface area contributed by atoms with Crippen LogP contribution in [-0.4, -0.2) is 22.0 Å². The van der Waals surface area contributed by atoms with Gasteiger partial charge in [-0.1, -0.05) is 29.8 Å². The first-order valence-corrected chi connectivity index (χ1v) is 8.49. The van der Waals surface area contributed by atoms with Crippen molar-refractivity contribution in [2.24, 2.45) is 5.92 Å². The Morgan fingerprint density at radius 3 is 3.11 bits per heavy atom. The van der Waals surface area contributed by atoms with Crippen molar-refractivity contribution in [3.05, 3.63) is 17.3 Å². The molecule has 0 aromatic carbocycles. The van der Waals surface area contributed by atoms with Crippen LogP contribution in [0.1, 0.15) is 32.4 Å². The van der Waals surface area contributed by atoms with Gasteiger partial charge in [-0.25, -0.2) is 4.98 Å². The van der Waals surface area contributed by atoms with E-state index in [-0.39, 0.29) is 0 Å². The third-order valence-corrected chi connectivity index (χ3v) is 5.10. The Balaban J connectivity index is 2.05. The number of aromatic nitrogens is 2. The number of thiazole rings is 1. The molecule has 1 aliphatic rings. The minimum atomic E-state index is 0.646. The number of hydrogen-bond acceptors (Lipinski definition) is 3. The van der Waals surface area contributed by atoms with Crippen LogP contribution in [0.4, 0.5) is 5.82 Å².